The van der Waals surface area contributed by atoms with E-state index < -0.39 is 0 Å². The van der Waals surface area contributed by atoms with Crippen molar-refractivity contribution >= 4 is 21.9 Å². The SMILES string of the molecule is CCOc1ccc(-c2nc3c(ccc4c3ccc(=O)n4C)[nH]2)cc1. The lowest BCUT2D eigenvalue weighted by Crippen LogP contribution is -2.14. The topological polar surface area (TPSA) is 59.9 Å². The highest BCUT2D eigenvalue weighted by atomic mass is 16.5. The molecule has 0 spiro atoms. The molecule has 24 heavy (non-hydrogen) atoms. The predicted octanol–water partition coefficient (Wildman–Crippen LogP) is 3.48. The van der Waals surface area contributed by atoms with E-state index in [4.69, 9.17) is 9.72 Å². The molecule has 0 aliphatic heterocycles. The maximum absolute atomic E-state index is 11.8. The van der Waals surface area contributed by atoms with E-state index in [-0.39, 0.29) is 5.56 Å². The molecule has 120 valence electrons. The zero-order valence-corrected chi connectivity index (χ0v) is 13.5. The minimum atomic E-state index is -0.0240. The summed E-state index contributed by atoms with van der Waals surface area (Å²) in [5.74, 6) is 1.65. The second-order valence-corrected chi connectivity index (χ2v) is 5.67. The molecule has 2 heterocycles. The van der Waals surface area contributed by atoms with Crippen LogP contribution in [0.25, 0.3) is 33.3 Å². The number of imidazole rings is 1. The number of nitrogens with zero attached hydrogens (tertiary/aromatic N) is 2. The van der Waals surface area contributed by atoms with Crippen LogP contribution in [0.3, 0.4) is 0 Å². The van der Waals surface area contributed by atoms with Crippen molar-refractivity contribution in [2.45, 2.75) is 6.92 Å². The summed E-state index contributed by atoms with van der Waals surface area (Å²) in [6, 6.07) is 15.2. The number of aromatic amines is 1. The van der Waals surface area contributed by atoms with Crippen molar-refractivity contribution in [3.8, 4) is 17.1 Å². The van der Waals surface area contributed by atoms with E-state index in [2.05, 4.69) is 4.98 Å². The predicted molar refractivity (Wildman–Crippen MR) is 95.4 cm³/mol. The second-order valence-electron chi connectivity index (χ2n) is 5.67. The third-order valence-corrected chi connectivity index (χ3v) is 4.19. The molecule has 0 unspecified atom stereocenters. The summed E-state index contributed by atoms with van der Waals surface area (Å²) in [5.41, 5.74) is 3.66. The Bertz CT molecular complexity index is 1090. The maximum atomic E-state index is 11.8. The number of aryl methyl sites for hydroxylation is 1. The Morgan fingerprint density at radius 2 is 1.88 bits per heavy atom. The fourth-order valence-corrected chi connectivity index (χ4v) is 2.94. The van der Waals surface area contributed by atoms with Gasteiger partial charge in [-0.2, -0.15) is 0 Å². The Kier molecular flexibility index (Phi) is 3.34. The van der Waals surface area contributed by atoms with Gasteiger partial charge in [0.05, 0.1) is 23.2 Å². The highest BCUT2D eigenvalue weighted by molar-refractivity contribution is 6.03. The minimum Gasteiger partial charge on any atom is -0.494 e. The highest BCUT2D eigenvalue weighted by Gasteiger charge is 2.10. The molecule has 0 radical (unpaired) electrons. The molecule has 0 amide bonds. The first-order valence-corrected chi connectivity index (χ1v) is 7.89. The number of hydrogen-bond acceptors (Lipinski definition) is 3. The number of hydrogen-bond donors (Lipinski definition) is 1. The molecule has 1 N–H and O–H groups in total. The van der Waals surface area contributed by atoms with E-state index >= 15 is 0 Å². The third kappa shape index (κ3) is 2.25. The van der Waals surface area contributed by atoms with E-state index in [1.54, 1.807) is 17.7 Å². The van der Waals surface area contributed by atoms with Crippen molar-refractivity contribution in [3.63, 3.8) is 0 Å². The number of aromatic nitrogens is 3. The number of benzene rings is 2. The molecule has 5 heteroatoms. The van der Waals surface area contributed by atoms with Crippen LogP contribution in [-0.4, -0.2) is 21.1 Å². The first kappa shape index (κ1) is 14.5. The van der Waals surface area contributed by atoms with Crippen LogP contribution in [0.5, 0.6) is 5.75 Å². The molecule has 5 nitrogen and oxygen atoms in total. The van der Waals surface area contributed by atoms with Gasteiger partial charge in [-0.1, -0.05) is 0 Å². The average molecular weight is 319 g/mol. The quantitative estimate of drug-likeness (QED) is 0.629. The van der Waals surface area contributed by atoms with E-state index in [0.717, 1.165) is 39.1 Å². The molecule has 0 saturated heterocycles. The largest absolute Gasteiger partial charge is 0.494 e. The summed E-state index contributed by atoms with van der Waals surface area (Å²) in [4.78, 5) is 19.9. The van der Waals surface area contributed by atoms with Crippen LogP contribution in [0, 0.1) is 0 Å². The molecule has 0 aliphatic rings. The van der Waals surface area contributed by atoms with Gasteiger partial charge >= 0.3 is 0 Å². The van der Waals surface area contributed by atoms with Gasteiger partial charge in [0, 0.05) is 24.1 Å². The molecule has 2 aromatic carbocycles. The smallest absolute Gasteiger partial charge is 0.250 e. The highest BCUT2D eigenvalue weighted by Crippen LogP contribution is 2.27. The summed E-state index contributed by atoms with van der Waals surface area (Å²) < 4.78 is 7.11. The lowest BCUT2D eigenvalue weighted by atomic mass is 10.2. The molecular weight excluding hydrogens is 302 g/mol. The summed E-state index contributed by atoms with van der Waals surface area (Å²) in [6.45, 7) is 2.61. The molecule has 0 aliphatic carbocycles. The van der Waals surface area contributed by atoms with Crippen molar-refractivity contribution in [3.05, 3.63) is 58.9 Å². The fraction of sp³-hybridized carbons (Fsp3) is 0.158. The van der Waals surface area contributed by atoms with Crippen molar-refractivity contribution in [2.24, 2.45) is 7.05 Å². The number of nitrogens with one attached hydrogen (secondary N) is 1. The van der Waals surface area contributed by atoms with Crippen LogP contribution in [0.1, 0.15) is 6.92 Å². The maximum Gasteiger partial charge on any atom is 0.250 e. The van der Waals surface area contributed by atoms with Crippen LogP contribution >= 0.6 is 0 Å². The minimum absolute atomic E-state index is 0.0240. The van der Waals surface area contributed by atoms with Gasteiger partial charge in [0.1, 0.15) is 11.6 Å². The monoisotopic (exact) mass is 319 g/mol. The van der Waals surface area contributed by atoms with Crippen LogP contribution in [-0.2, 0) is 7.05 Å². The molecule has 0 saturated carbocycles. The van der Waals surface area contributed by atoms with Crippen LogP contribution in [0.2, 0.25) is 0 Å². The molecule has 2 aromatic heterocycles. The first-order chi connectivity index (χ1) is 11.7. The standard InChI is InChI=1S/C19H17N3O2/c1-3-24-13-6-4-12(5-7-13)19-20-15-9-10-16-14(18(15)21-19)8-11-17(23)22(16)2/h4-11H,3H2,1-2H3,(H,20,21). The van der Waals surface area contributed by atoms with E-state index in [9.17, 15) is 4.79 Å². The number of fused-ring (bicyclic) bond motifs is 3. The molecule has 4 rings (SSSR count). The van der Waals surface area contributed by atoms with Crippen LogP contribution in [0.15, 0.2) is 53.3 Å². The fourth-order valence-electron chi connectivity index (χ4n) is 2.94. The Balaban J connectivity index is 1.87. The number of H-pyrrole nitrogens is 1. The summed E-state index contributed by atoms with van der Waals surface area (Å²) in [6.07, 6.45) is 0. The lowest BCUT2D eigenvalue weighted by molar-refractivity contribution is 0.340. The van der Waals surface area contributed by atoms with Crippen molar-refractivity contribution in [2.75, 3.05) is 6.61 Å². The third-order valence-electron chi connectivity index (χ3n) is 4.19. The van der Waals surface area contributed by atoms with Crippen LogP contribution in [0.4, 0.5) is 0 Å². The molecule has 4 aromatic rings. The molecule has 0 atom stereocenters. The van der Waals surface area contributed by atoms with Gasteiger partial charge in [-0.05, 0) is 49.4 Å². The van der Waals surface area contributed by atoms with Gasteiger partial charge < -0.3 is 14.3 Å². The normalized spacial score (nSPS) is 11.2. The molecular formula is C19H17N3O2. The van der Waals surface area contributed by atoms with E-state index in [0.29, 0.717) is 6.61 Å². The number of ether oxygens (including phenoxy) is 1. The lowest BCUT2D eigenvalue weighted by Gasteiger charge is -2.03. The van der Waals surface area contributed by atoms with E-state index in [1.165, 1.54) is 0 Å². The van der Waals surface area contributed by atoms with Crippen molar-refractivity contribution < 1.29 is 4.74 Å². The van der Waals surface area contributed by atoms with Gasteiger partial charge in [-0.25, -0.2) is 4.98 Å². The van der Waals surface area contributed by atoms with E-state index in [1.807, 2.05) is 49.4 Å². The van der Waals surface area contributed by atoms with Crippen molar-refractivity contribution in [1.82, 2.24) is 14.5 Å². The van der Waals surface area contributed by atoms with Crippen LogP contribution < -0.4 is 10.3 Å². The van der Waals surface area contributed by atoms with Gasteiger partial charge in [-0.3, -0.25) is 4.79 Å². The average Bonchev–Trinajstić information content (AvgIpc) is 3.03. The zero-order chi connectivity index (χ0) is 16.7. The Labute approximate surface area is 138 Å². The van der Waals surface area contributed by atoms with Gasteiger partial charge in [-0.15, -0.1) is 0 Å². The second kappa shape index (κ2) is 5.53. The summed E-state index contributed by atoms with van der Waals surface area (Å²) in [5, 5.41) is 0.961. The summed E-state index contributed by atoms with van der Waals surface area (Å²) in [7, 11) is 1.77. The van der Waals surface area contributed by atoms with Gasteiger partial charge in [0.15, 0.2) is 0 Å². The Hall–Kier alpha value is -3.08. The molecule has 0 fully saturated rings. The number of rotatable bonds is 3. The van der Waals surface area contributed by atoms with Gasteiger partial charge in [0.25, 0.3) is 5.56 Å². The zero-order valence-electron chi connectivity index (χ0n) is 13.5. The Morgan fingerprint density at radius 3 is 2.62 bits per heavy atom. The first-order valence-electron chi connectivity index (χ1n) is 7.89. The van der Waals surface area contributed by atoms with Crippen molar-refractivity contribution in [1.29, 1.82) is 0 Å². The molecule has 0 bridgehead atoms. The van der Waals surface area contributed by atoms with Gasteiger partial charge in [0.2, 0.25) is 0 Å². The Morgan fingerprint density at radius 1 is 1.08 bits per heavy atom. The number of pyridine rings is 1. The summed E-state index contributed by atoms with van der Waals surface area (Å²) >= 11 is 0.